The molecule has 2 atom stereocenters. The zero-order valence-corrected chi connectivity index (χ0v) is 17.2. The summed E-state index contributed by atoms with van der Waals surface area (Å²) in [5.41, 5.74) is 1.43. The van der Waals surface area contributed by atoms with E-state index in [0.29, 0.717) is 24.1 Å². The van der Waals surface area contributed by atoms with Gasteiger partial charge < -0.3 is 20.3 Å². The zero-order chi connectivity index (χ0) is 19.1. The molecule has 1 saturated carbocycles. The molecule has 2 fully saturated rings. The van der Waals surface area contributed by atoms with E-state index in [0.717, 1.165) is 38.7 Å². The number of guanidine groups is 1. The highest BCUT2D eigenvalue weighted by Gasteiger charge is 2.39. The molecular weight excluding hydrogens is 336 g/mol. The molecule has 0 aromatic heterocycles. The number of ether oxygens (including phenoxy) is 1. The summed E-state index contributed by atoms with van der Waals surface area (Å²) in [5.74, 6) is 1.61. The molecule has 2 aliphatic rings. The summed E-state index contributed by atoms with van der Waals surface area (Å²) in [6.45, 7) is 11.2. The van der Waals surface area contributed by atoms with Gasteiger partial charge >= 0.3 is 0 Å². The highest BCUT2D eigenvalue weighted by Crippen LogP contribution is 2.40. The van der Waals surface area contributed by atoms with E-state index >= 15 is 0 Å². The SMILES string of the molecule is CCN=C(NC1CCN(CCOC(C)C)CC1)NC1CC1c1ccccc1. The van der Waals surface area contributed by atoms with E-state index in [1.807, 2.05) is 0 Å². The van der Waals surface area contributed by atoms with Gasteiger partial charge in [-0.25, -0.2) is 0 Å². The predicted molar refractivity (Wildman–Crippen MR) is 112 cm³/mol. The molecule has 1 aliphatic heterocycles. The zero-order valence-electron chi connectivity index (χ0n) is 17.2. The first-order chi connectivity index (χ1) is 13.2. The summed E-state index contributed by atoms with van der Waals surface area (Å²) in [6.07, 6.45) is 3.85. The molecule has 0 spiro atoms. The van der Waals surface area contributed by atoms with Gasteiger partial charge in [0.15, 0.2) is 5.96 Å². The minimum Gasteiger partial charge on any atom is -0.377 e. The van der Waals surface area contributed by atoms with Gasteiger partial charge in [0.05, 0.1) is 12.7 Å². The maximum absolute atomic E-state index is 5.68. The molecular formula is C22H36N4O. The summed E-state index contributed by atoms with van der Waals surface area (Å²) >= 11 is 0. The molecule has 1 aliphatic carbocycles. The molecule has 2 unspecified atom stereocenters. The van der Waals surface area contributed by atoms with Crippen molar-refractivity contribution in [3.63, 3.8) is 0 Å². The largest absolute Gasteiger partial charge is 0.377 e. The van der Waals surface area contributed by atoms with Gasteiger partial charge in [-0.15, -0.1) is 0 Å². The third-order valence-corrected chi connectivity index (χ3v) is 5.44. The molecule has 3 rings (SSSR count). The maximum atomic E-state index is 5.68. The second-order valence-electron chi connectivity index (χ2n) is 8.01. The number of rotatable bonds is 8. The van der Waals surface area contributed by atoms with Crippen molar-refractivity contribution in [1.82, 2.24) is 15.5 Å². The number of hydrogen-bond donors (Lipinski definition) is 2. The molecule has 27 heavy (non-hydrogen) atoms. The third-order valence-electron chi connectivity index (χ3n) is 5.44. The fraction of sp³-hybridized carbons (Fsp3) is 0.682. The number of aliphatic imine (C=N–C) groups is 1. The summed E-state index contributed by atoms with van der Waals surface area (Å²) in [5, 5.41) is 7.33. The normalized spacial score (nSPS) is 24.2. The molecule has 5 heteroatoms. The second kappa shape index (κ2) is 10.1. The smallest absolute Gasteiger partial charge is 0.191 e. The van der Waals surface area contributed by atoms with Crippen molar-refractivity contribution in [3.8, 4) is 0 Å². The lowest BCUT2D eigenvalue weighted by molar-refractivity contribution is 0.0532. The quantitative estimate of drug-likeness (QED) is 0.544. The number of benzene rings is 1. The molecule has 0 amide bonds. The van der Waals surface area contributed by atoms with Crippen molar-refractivity contribution < 1.29 is 4.74 Å². The van der Waals surface area contributed by atoms with E-state index in [1.165, 1.54) is 24.8 Å². The average Bonchev–Trinajstić information content (AvgIpc) is 3.43. The fourth-order valence-corrected chi connectivity index (χ4v) is 3.80. The van der Waals surface area contributed by atoms with Crippen molar-refractivity contribution in [2.75, 3.05) is 32.8 Å². The Morgan fingerprint density at radius 1 is 1.19 bits per heavy atom. The van der Waals surface area contributed by atoms with Gasteiger partial charge in [0.25, 0.3) is 0 Å². The molecule has 1 aromatic carbocycles. The maximum Gasteiger partial charge on any atom is 0.191 e. The molecule has 0 bridgehead atoms. The third kappa shape index (κ3) is 6.51. The number of likely N-dealkylation sites (tertiary alicyclic amines) is 1. The van der Waals surface area contributed by atoms with E-state index < -0.39 is 0 Å². The van der Waals surface area contributed by atoms with Crippen molar-refractivity contribution in [2.45, 2.75) is 64.1 Å². The lowest BCUT2D eigenvalue weighted by Gasteiger charge is -2.33. The molecule has 150 valence electrons. The van der Waals surface area contributed by atoms with Gasteiger partial charge in [-0.2, -0.15) is 0 Å². The van der Waals surface area contributed by atoms with E-state index in [4.69, 9.17) is 4.74 Å². The first kappa shape index (κ1) is 20.2. The van der Waals surface area contributed by atoms with Crippen LogP contribution in [0.25, 0.3) is 0 Å². The van der Waals surface area contributed by atoms with E-state index in [1.54, 1.807) is 0 Å². The number of nitrogens with one attached hydrogen (secondary N) is 2. The predicted octanol–water partition coefficient (Wildman–Crippen LogP) is 2.99. The second-order valence-corrected chi connectivity index (χ2v) is 8.01. The van der Waals surface area contributed by atoms with E-state index in [-0.39, 0.29) is 0 Å². The number of nitrogens with zero attached hydrogens (tertiary/aromatic N) is 2. The Morgan fingerprint density at radius 2 is 1.93 bits per heavy atom. The molecule has 2 N–H and O–H groups in total. The Kier molecular flexibility index (Phi) is 7.53. The average molecular weight is 373 g/mol. The van der Waals surface area contributed by atoms with Gasteiger partial charge in [0.2, 0.25) is 0 Å². The summed E-state index contributed by atoms with van der Waals surface area (Å²) < 4.78 is 5.68. The van der Waals surface area contributed by atoms with Crippen molar-refractivity contribution in [2.24, 2.45) is 4.99 Å². The first-order valence-corrected chi connectivity index (χ1v) is 10.6. The Balaban J connectivity index is 1.40. The fourth-order valence-electron chi connectivity index (χ4n) is 3.80. The number of piperidine rings is 1. The van der Waals surface area contributed by atoms with Crippen molar-refractivity contribution >= 4 is 5.96 Å². The van der Waals surface area contributed by atoms with E-state index in [2.05, 4.69) is 71.6 Å². The van der Waals surface area contributed by atoms with Crippen LogP contribution in [0.4, 0.5) is 0 Å². The first-order valence-electron chi connectivity index (χ1n) is 10.6. The highest BCUT2D eigenvalue weighted by molar-refractivity contribution is 5.81. The van der Waals surface area contributed by atoms with Crippen LogP contribution >= 0.6 is 0 Å². The Hall–Kier alpha value is -1.59. The van der Waals surface area contributed by atoms with Gasteiger partial charge in [-0.05, 0) is 45.6 Å². The van der Waals surface area contributed by atoms with Gasteiger partial charge in [0, 0.05) is 44.2 Å². The number of hydrogen-bond acceptors (Lipinski definition) is 3. The van der Waals surface area contributed by atoms with Gasteiger partial charge in [-0.1, -0.05) is 30.3 Å². The van der Waals surface area contributed by atoms with Crippen LogP contribution in [-0.2, 0) is 4.74 Å². The summed E-state index contributed by atoms with van der Waals surface area (Å²) in [4.78, 5) is 7.19. The molecule has 1 heterocycles. The molecule has 0 radical (unpaired) electrons. The minimum absolute atomic E-state index is 0.324. The topological polar surface area (TPSA) is 48.9 Å². The van der Waals surface area contributed by atoms with Crippen LogP contribution < -0.4 is 10.6 Å². The lowest BCUT2D eigenvalue weighted by atomic mass is 10.1. The Bertz CT molecular complexity index is 581. The van der Waals surface area contributed by atoms with E-state index in [9.17, 15) is 0 Å². The Morgan fingerprint density at radius 3 is 2.59 bits per heavy atom. The van der Waals surface area contributed by atoms with Gasteiger partial charge in [0.1, 0.15) is 0 Å². The van der Waals surface area contributed by atoms with Crippen LogP contribution in [-0.4, -0.2) is 61.8 Å². The summed E-state index contributed by atoms with van der Waals surface area (Å²) in [6, 6.07) is 11.8. The molecule has 5 nitrogen and oxygen atoms in total. The van der Waals surface area contributed by atoms with Crippen LogP contribution in [0.1, 0.15) is 51.5 Å². The van der Waals surface area contributed by atoms with Gasteiger partial charge in [-0.3, -0.25) is 4.99 Å². The molecule has 1 saturated heterocycles. The van der Waals surface area contributed by atoms with Crippen LogP contribution in [0.15, 0.2) is 35.3 Å². The summed E-state index contributed by atoms with van der Waals surface area (Å²) in [7, 11) is 0. The van der Waals surface area contributed by atoms with Crippen molar-refractivity contribution in [1.29, 1.82) is 0 Å². The Labute approximate surface area is 164 Å². The standard InChI is InChI=1S/C22H36N4O/c1-4-23-22(25-21-16-20(21)18-8-6-5-7-9-18)24-19-10-12-26(13-11-19)14-15-27-17(2)3/h5-9,17,19-21H,4,10-16H2,1-3H3,(H2,23,24,25). The van der Waals surface area contributed by atoms with Crippen LogP contribution in [0.5, 0.6) is 0 Å². The monoisotopic (exact) mass is 372 g/mol. The highest BCUT2D eigenvalue weighted by atomic mass is 16.5. The molecule has 1 aromatic rings. The van der Waals surface area contributed by atoms with Crippen LogP contribution in [0.3, 0.4) is 0 Å². The minimum atomic E-state index is 0.324. The van der Waals surface area contributed by atoms with Crippen LogP contribution in [0.2, 0.25) is 0 Å². The lowest BCUT2D eigenvalue weighted by Crippen LogP contribution is -2.49. The van der Waals surface area contributed by atoms with Crippen LogP contribution in [0, 0.1) is 0 Å². The van der Waals surface area contributed by atoms with Crippen molar-refractivity contribution in [3.05, 3.63) is 35.9 Å².